The predicted octanol–water partition coefficient (Wildman–Crippen LogP) is 4.30. The van der Waals surface area contributed by atoms with Crippen molar-refractivity contribution in [1.29, 1.82) is 0 Å². The Morgan fingerprint density at radius 3 is 2.80 bits per heavy atom. The van der Waals surface area contributed by atoms with Gasteiger partial charge in [-0.1, -0.05) is 41.4 Å². The van der Waals surface area contributed by atoms with Crippen molar-refractivity contribution in [3.05, 3.63) is 51.8 Å². The van der Waals surface area contributed by atoms with E-state index in [0.29, 0.717) is 5.15 Å². The monoisotopic (exact) mass is 307 g/mol. The topological polar surface area (TPSA) is 29.0 Å². The van der Waals surface area contributed by atoms with Crippen molar-refractivity contribution >= 4 is 28.9 Å². The molecule has 1 aliphatic rings. The average Bonchev–Trinajstić information content (AvgIpc) is 2.46. The van der Waals surface area contributed by atoms with Gasteiger partial charge >= 0.3 is 0 Å². The first kappa shape index (κ1) is 13.7. The first-order valence-corrected chi connectivity index (χ1v) is 7.45. The zero-order valence-electron chi connectivity index (χ0n) is 11.2. The first-order valence-electron chi connectivity index (χ1n) is 6.70. The second kappa shape index (κ2) is 5.58. The van der Waals surface area contributed by atoms with E-state index in [4.69, 9.17) is 23.2 Å². The normalized spacial score (nSPS) is 15.8. The number of aryl methyl sites for hydroxylation is 1. The molecule has 0 spiro atoms. The van der Waals surface area contributed by atoms with Gasteiger partial charge in [-0.3, -0.25) is 0 Å². The number of aromatic nitrogens is 2. The highest BCUT2D eigenvalue weighted by Crippen LogP contribution is 2.35. The van der Waals surface area contributed by atoms with Crippen molar-refractivity contribution < 1.29 is 0 Å². The maximum atomic E-state index is 6.32. The Morgan fingerprint density at radius 2 is 2.00 bits per heavy atom. The molecule has 0 amide bonds. The van der Waals surface area contributed by atoms with Crippen LogP contribution in [0.4, 0.5) is 5.69 Å². The standard InChI is InChI=1S/C15H15Cl2N3/c1-10(11-5-2-3-6-12(11)16)20-8-4-7-13-14(20)9-15(17)19-18-13/h2-3,5-6,9-10H,4,7-8H2,1H3/t10-/m1/s1. The van der Waals surface area contributed by atoms with E-state index in [1.54, 1.807) is 0 Å². The largest absolute Gasteiger partial charge is 0.363 e. The van der Waals surface area contributed by atoms with Crippen LogP contribution in [0.1, 0.15) is 30.6 Å². The van der Waals surface area contributed by atoms with E-state index in [1.165, 1.54) is 0 Å². The van der Waals surface area contributed by atoms with Crippen LogP contribution in [-0.2, 0) is 6.42 Å². The Morgan fingerprint density at radius 1 is 1.20 bits per heavy atom. The fraction of sp³-hybridized carbons (Fsp3) is 0.333. The molecule has 0 N–H and O–H groups in total. The molecule has 1 aliphatic heterocycles. The molecular formula is C15H15Cl2N3. The van der Waals surface area contributed by atoms with Crippen LogP contribution in [-0.4, -0.2) is 16.7 Å². The number of benzene rings is 1. The van der Waals surface area contributed by atoms with E-state index in [9.17, 15) is 0 Å². The molecule has 1 aromatic carbocycles. The van der Waals surface area contributed by atoms with Crippen molar-refractivity contribution in [2.24, 2.45) is 0 Å². The molecule has 5 heteroatoms. The van der Waals surface area contributed by atoms with Gasteiger partial charge in [0.2, 0.25) is 0 Å². The van der Waals surface area contributed by atoms with Crippen molar-refractivity contribution in [3.8, 4) is 0 Å². The van der Waals surface area contributed by atoms with Crippen molar-refractivity contribution in [2.45, 2.75) is 25.8 Å². The molecule has 20 heavy (non-hydrogen) atoms. The van der Waals surface area contributed by atoms with Gasteiger partial charge in [-0.05, 0) is 31.4 Å². The van der Waals surface area contributed by atoms with Gasteiger partial charge in [0.1, 0.15) is 0 Å². The number of anilines is 1. The third kappa shape index (κ3) is 2.48. The smallest absolute Gasteiger partial charge is 0.153 e. The maximum Gasteiger partial charge on any atom is 0.153 e. The lowest BCUT2D eigenvalue weighted by Gasteiger charge is -2.36. The highest BCUT2D eigenvalue weighted by molar-refractivity contribution is 6.31. The van der Waals surface area contributed by atoms with Crippen LogP contribution < -0.4 is 4.90 Å². The number of nitrogens with zero attached hydrogens (tertiary/aromatic N) is 3. The Kier molecular flexibility index (Phi) is 3.81. The number of hydrogen-bond acceptors (Lipinski definition) is 3. The van der Waals surface area contributed by atoms with Crippen LogP contribution in [0.15, 0.2) is 30.3 Å². The van der Waals surface area contributed by atoms with Crippen molar-refractivity contribution in [2.75, 3.05) is 11.4 Å². The van der Waals surface area contributed by atoms with Gasteiger partial charge in [0.15, 0.2) is 5.15 Å². The molecule has 0 saturated carbocycles. The SMILES string of the molecule is C[C@H](c1ccccc1Cl)N1CCCc2nnc(Cl)cc21. The predicted molar refractivity (Wildman–Crippen MR) is 82.6 cm³/mol. The van der Waals surface area contributed by atoms with Crippen LogP contribution in [0, 0.1) is 0 Å². The Bertz CT molecular complexity index is 630. The van der Waals surface area contributed by atoms with E-state index in [-0.39, 0.29) is 6.04 Å². The van der Waals surface area contributed by atoms with Gasteiger partial charge in [-0.2, -0.15) is 5.10 Å². The van der Waals surface area contributed by atoms with E-state index < -0.39 is 0 Å². The minimum Gasteiger partial charge on any atom is -0.363 e. The van der Waals surface area contributed by atoms with E-state index >= 15 is 0 Å². The maximum absolute atomic E-state index is 6.32. The van der Waals surface area contributed by atoms with Crippen molar-refractivity contribution in [1.82, 2.24) is 10.2 Å². The van der Waals surface area contributed by atoms with Gasteiger partial charge in [-0.15, -0.1) is 5.10 Å². The summed E-state index contributed by atoms with van der Waals surface area (Å²) in [5.41, 5.74) is 3.21. The van der Waals surface area contributed by atoms with Gasteiger partial charge in [-0.25, -0.2) is 0 Å². The summed E-state index contributed by atoms with van der Waals surface area (Å²) < 4.78 is 0. The Labute approximate surface area is 128 Å². The third-order valence-electron chi connectivity index (χ3n) is 3.76. The molecule has 1 atom stereocenters. The van der Waals surface area contributed by atoms with E-state index in [0.717, 1.165) is 41.4 Å². The first-order chi connectivity index (χ1) is 9.66. The van der Waals surface area contributed by atoms with Crippen LogP contribution in [0.3, 0.4) is 0 Å². The minimum atomic E-state index is 0.183. The lowest BCUT2D eigenvalue weighted by Crippen LogP contribution is -2.32. The summed E-state index contributed by atoms with van der Waals surface area (Å²) in [6.45, 7) is 3.13. The number of hydrogen-bond donors (Lipinski definition) is 0. The summed E-state index contributed by atoms with van der Waals surface area (Å²) in [5, 5.41) is 9.37. The molecule has 3 rings (SSSR count). The van der Waals surface area contributed by atoms with Gasteiger partial charge < -0.3 is 4.90 Å². The molecule has 1 aromatic heterocycles. The summed E-state index contributed by atoms with van der Waals surface area (Å²) in [6.07, 6.45) is 2.02. The Balaban J connectivity index is 2.00. The van der Waals surface area contributed by atoms with Crippen LogP contribution in [0.25, 0.3) is 0 Å². The molecule has 0 radical (unpaired) electrons. The lowest BCUT2D eigenvalue weighted by atomic mass is 10.0. The van der Waals surface area contributed by atoms with E-state index in [1.807, 2.05) is 24.3 Å². The third-order valence-corrected chi connectivity index (χ3v) is 4.29. The number of halogens is 2. The molecule has 3 nitrogen and oxygen atoms in total. The summed E-state index contributed by atoms with van der Waals surface area (Å²) >= 11 is 12.3. The highest BCUT2D eigenvalue weighted by Gasteiger charge is 2.25. The number of fused-ring (bicyclic) bond motifs is 1. The second-order valence-corrected chi connectivity index (χ2v) is 5.79. The summed E-state index contributed by atoms with van der Waals surface area (Å²) in [4.78, 5) is 2.31. The highest BCUT2D eigenvalue weighted by atomic mass is 35.5. The average molecular weight is 308 g/mol. The zero-order chi connectivity index (χ0) is 14.1. The van der Waals surface area contributed by atoms with Gasteiger partial charge in [0.05, 0.1) is 17.4 Å². The Hall–Kier alpha value is -1.32. The molecular weight excluding hydrogens is 293 g/mol. The van der Waals surface area contributed by atoms with Crippen molar-refractivity contribution in [3.63, 3.8) is 0 Å². The second-order valence-electron chi connectivity index (χ2n) is 4.99. The van der Waals surface area contributed by atoms with E-state index in [2.05, 4.69) is 28.1 Å². The lowest BCUT2D eigenvalue weighted by molar-refractivity contribution is 0.602. The minimum absolute atomic E-state index is 0.183. The summed E-state index contributed by atoms with van der Waals surface area (Å²) in [7, 11) is 0. The molecule has 0 bridgehead atoms. The number of rotatable bonds is 2. The summed E-state index contributed by atoms with van der Waals surface area (Å²) in [6, 6.07) is 10.0. The fourth-order valence-electron chi connectivity index (χ4n) is 2.73. The fourth-order valence-corrected chi connectivity index (χ4v) is 3.17. The van der Waals surface area contributed by atoms with Gasteiger partial charge in [0.25, 0.3) is 0 Å². The molecule has 0 aliphatic carbocycles. The zero-order valence-corrected chi connectivity index (χ0v) is 12.7. The van der Waals surface area contributed by atoms with Crippen LogP contribution >= 0.6 is 23.2 Å². The van der Waals surface area contributed by atoms with Crippen LogP contribution in [0.5, 0.6) is 0 Å². The molecule has 0 saturated heterocycles. The molecule has 2 aromatic rings. The quantitative estimate of drug-likeness (QED) is 0.828. The van der Waals surface area contributed by atoms with Crippen LogP contribution in [0.2, 0.25) is 10.2 Å². The van der Waals surface area contributed by atoms with Gasteiger partial charge in [0, 0.05) is 17.6 Å². The molecule has 0 fully saturated rings. The molecule has 104 valence electrons. The molecule has 2 heterocycles. The summed E-state index contributed by atoms with van der Waals surface area (Å²) in [5.74, 6) is 0. The molecule has 0 unspecified atom stereocenters.